The van der Waals surface area contributed by atoms with Crippen molar-refractivity contribution in [3.05, 3.63) is 34.9 Å². The third-order valence-corrected chi connectivity index (χ3v) is 4.90. The number of amides is 1. The molecule has 1 amide bonds. The number of hydrogen-bond donors (Lipinski definition) is 2. The van der Waals surface area contributed by atoms with E-state index in [-0.39, 0.29) is 16.9 Å². The molecule has 1 aliphatic carbocycles. The first kappa shape index (κ1) is 14.1. The maximum absolute atomic E-state index is 12.5. The molecule has 2 aliphatic rings. The zero-order valence-corrected chi connectivity index (χ0v) is 12.0. The third kappa shape index (κ3) is 2.53. The number of fused-ring (bicyclic) bond motifs is 1. The second-order valence-electron chi connectivity index (χ2n) is 6.27. The van der Waals surface area contributed by atoms with Crippen molar-refractivity contribution >= 4 is 11.9 Å². The van der Waals surface area contributed by atoms with Gasteiger partial charge in [-0.05, 0) is 48.1 Å². The molecule has 1 fully saturated rings. The maximum Gasteiger partial charge on any atom is 0.335 e. The lowest BCUT2D eigenvalue weighted by atomic mass is 9.66. The summed E-state index contributed by atoms with van der Waals surface area (Å²) in [7, 11) is 0. The van der Waals surface area contributed by atoms with E-state index < -0.39 is 5.97 Å². The Balaban J connectivity index is 1.69. The van der Waals surface area contributed by atoms with Crippen molar-refractivity contribution in [1.29, 1.82) is 0 Å². The van der Waals surface area contributed by atoms with Crippen LogP contribution in [0, 0.1) is 5.41 Å². The van der Waals surface area contributed by atoms with Crippen molar-refractivity contribution in [3.8, 4) is 0 Å². The molecule has 1 heterocycles. The molecular formula is C16H20N2O3. The highest BCUT2D eigenvalue weighted by Gasteiger charge is 2.39. The van der Waals surface area contributed by atoms with Crippen LogP contribution < -0.4 is 5.73 Å². The fourth-order valence-corrected chi connectivity index (χ4v) is 3.27. The Labute approximate surface area is 123 Å². The largest absolute Gasteiger partial charge is 0.478 e. The standard InChI is InChI=1S/C16H20N2O3/c17-10-16(4-1-5-16)7-14(19)18-8-12-3-2-11(15(20)21)6-13(12)9-18/h2-3,6H,1,4-5,7-10,17H2,(H,20,21). The lowest BCUT2D eigenvalue weighted by molar-refractivity contribution is -0.135. The van der Waals surface area contributed by atoms with Crippen LogP contribution in [0.15, 0.2) is 18.2 Å². The molecule has 0 aromatic heterocycles. The number of carbonyl (C=O) groups excluding carboxylic acids is 1. The van der Waals surface area contributed by atoms with Crippen LogP contribution in [0.1, 0.15) is 47.2 Å². The van der Waals surface area contributed by atoms with Crippen LogP contribution in [0.4, 0.5) is 0 Å². The van der Waals surface area contributed by atoms with Gasteiger partial charge in [0.25, 0.3) is 0 Å². The van der Waals surface area contributed by atoms with Crippen LogP contribution in [0.5, 0.6) is 0 Å². The minimum atomic E-state index is -0.931. The molecule has 0 unspecified atom stereocenters. The summed E-state index contributed by atoms with van der Waals surface area (Å²) in [5.74, 6) is -0.799. The van der Waals surface area contributed by atoms with Gasteiger partial charge in [0.15, 0.2) is 0 Å². The topological polar surface area (TPSA) is 83.6 Å². The lowest BCUT2D eigenvalue weighted by Gasteiger charge is -2.41. The Bertz CT molecular complexity index is 588. The Morgan fingerprint density at radius 1 is 1.24 bits per heavy atom. The summed E-state index contributed by atoms with van der Waals surface area (Å²) in [4.78, 5) is 25.3. The first-order chi connectivity index (χ1) is 10.0. The van der Waals surface area contributed by atoms with Crippen molar-refractivity contribution in [2.24, 2.45) is 11.1 Å². The molecule has 112 valence electrons. The van der Waals surface area contributed by atoms with Crippen LogP contribution in [0.2, 0.25) is 0 Å². The second kappa shape index (κ2) is 5.15. The van der Waals surface area contributed by atoms with Gasteiger partial charge in [0, 0.05) is 19.5 Å². The average molecular weight is 288 g/mol. The SMILES string of the molecule is NCC1(CC(=O)N2Cc3ccc(C(=O)O)cc3C2)CCC1. The van der Waals surface area contributed by atoms with Crippen LogP contribution in [-0.2, 0) is 17.9 Å². The van der Waals surface area contributed by atoms with Crippen LogP contribution in [0.3, 0.4) is 0 Å². The van der Waals surface area contributed by atoms with E-state index in [4.69, 9.17) is 10.8 Å². The fourth-order valence-electron chi connectivity index (χ4n) is 3.27. The number of benzene rings is 1. The Hall–Kier alpha value is -1.88. The van der Waals surface area contributed by atoms with Gasteiger partial charge >= 0.3 is 5.97 Å². The first-order valence-corrected chi connectivity index (χ1v) is 7.36. The molecule has 0 spiro atoms. The zero-order valence-electron chi connectivity index (χ0n) is 12.0. The maximum atomic E-state index is 12.5. The average Bonchev–Trinajstić information content (AvgIpc) is 2.85. The van der Waals surface area contributed by atoms with Gasteiger partial charge < -0.3 is 15.7 Å². The number of hydrogen-bond acceptors (Lipinski definition) is 3. The van der Waals surface area contributed by atoms with E-state index in [1.54, 1.807) is 12.1 Å². The molecule has 1 aromatic rings. The Morgan fingerprint density at radius 3 is 2.52 bits per heavy atom. The van der Waals surface area contributed by atoms with Gasteiger partial charge in [-0.2, -0.15) is 0 Å². The summed E-state index contributed by atoms with van der Waals surface area (Å²) in [5, 5.41) is 9.02. The minimum Gasteiger partial charge on any atom is -0.478 e. The Morgan fingerprint density at radius 2 is 1.95 bits per heavy atom. The van der Waals surface area contributed by atoms with E-state index in [0.29, 0.717) is 26.1 Å². The molecule has 5 heteroatoms. The van der Waals surface area contributed by atoms with Crippen LogP contribution in [-0.4, -0.2) is 28.4 Å². The molecule has 0 radical (unpaired) electrons. The number of aromatic carboxylic acids is 1. The summed E-state index contributed by atoms with van der Waals surface area (Å²) in [6, 6.07) is 5.09. The van der Waals surface area contributed by atoms with E-state index >= 15 is 0 Å². The number of carbonyl (C=O) groups is 2. The molecule has 0 saturated heterocycles. The molecule has 21 heavy (non-hydrogen) atoms. The summed E-state index contributed by atoms with van der Waals surface area (Å²) in [5.41, 5.74) is 8.10. The predicted octanol–water partition coefficient (Wildman–Crippen LogP) is 1.75. The Kier molecular flexibility index (Phi) is 3.45. The molecule has 1 saturated carbocycles. The first-order valence-electron chi connectivity index (χ1n) is 7.36. The normalized spacial score (nSPS) is 19.0. The zero-order chi connectivity index (χ0) is 15.0. The smallest absolute Gasteiger partial charge is 0.335 e. The molecule has 1 aliphatic heterocycles. The van der Waals surface area contributed by atoms with Gasteiger partial charge in [-0.15, -0.1) is 0 Å². The lowest BCUT2D eigenvalue weighted by Crippen LogP contribution is -2.42. The molecule has 1 aromatic carbocycles. The van der Waals surface area contributed by atoms with E-state index in [2.05, 4.69) is 0 Å². The number of nitrogens with two attached hydrogens (primary N) is 1. The molecular weight excluding hydrogens is 268 g/mol. The van der Waals surface area contributed by atoms with E-state index in [0.717, 1.165) is 30.4 Å². The predicted molar refractivity (Wildman–Crippen MR) is 77.6 cm³/mol. The summed E-state index contributed by atoms with van der Waals surface area (Å²) in [6.45, 7) is 1.66. The van der Waals surface area contributed by atoms with Gasteiger partial charge in [-0.25, -0.2) is 4.79 Å². The summed E-state index contributed by atoms with van der Waals surface area (Å²) < 4.78 is 0. The molecule has 0 atom stereocenters. The van der Waals surface area contributed by atoms with E-state index in [1.165, 1.54) is 0 Å². The minimum absolute atomic E-state index is 0.0120. The van der Waals surface area contributed by atoms with Crippen LogP contribution in [0.25, 0.3) is 0 Å². The highest BCUT2D eigenvalue weighted by atomic mass is 16.4. The van der Waals surface area contributed by atoms with E-state index in [9.17, 15) is 9.59 Å². The fraction of sp³-hybridized carbons (Fsp3) is 0.500. The van der Waals surface area contributed by atoms with Crippen molar-refractivity contribution in [1.82, 2.24) is 4.90 Å². The number of rotatable bonds is 4. The molecule has 0 bridgehead atoms. The van der Waals surface area contributed by atoms with Crippen molar-refractivity contribution < 1.29 is 14.7 Å². The highest BCUT2D eigenvalue weighted by molar-refractivity contribution is 5.88. The molecule has 3 rings (SSSR count). The van der Waals surface area contributed by atoms with Gasteiger partial charge in [-0.1, -0.05) is 12.5 Å². The molecule has 5 nitrogen and oxygen atoms in total. The summed E-state index contributed by atoms with van der Waals surface area (Å²) >= 11 is 0. The van der Waals surface area contributed by atoms with Crippen molar-refractivity contribution in [2.75, 3.05) is 6.54 Å². The van der Waals surface area contributed by atoms with Crippen molar-refractivity contribution in [2.45, 2.75) is 38.8 Å². The van der Waals surface area contributed by atoms with Crippen molar-refractivity contribution in [3.63, 3.8) is 0 Å². The number of nitrogens with zero attached hydrogens (tertiary/aromatic N) is 1. The highest BCUT2D eigenvalue weighted by Crippen LogP contribution is 2.43. The van der Waals surface area contributed by atoms with E-state index in [1.807, 2.05) is 11.0 Å². The van der Waals surface area contributed by atoms with Gasteiger partial charge in [0.05, 0.1) is 5.56 Å². The quantitative estimate of drug-likeness (QED) is 0.884. The number of carboxylic acids is 1. The van der Waals surface area contributed by atoms with Gasteiger partial charge in [-0.3, -0.25) is 4.79 Å². The van der Waals surface area contributed by atoms with Gasteiger partial charge in [0.2, 0.25) is 5.91 Å². The number of carboxylic acid groups (broad SMARTS) is 1. The molecule has 3 N–H and O–H groups in total. The third-order valence-electron chi connectivity index (χ3n) is 4.90. The second-order valence-corrected chi connectivity index (χ2v) is 6.27. The monoisotopic (exact) mass is 288 g/mol. The van der Waals surface area contributed by atoms with Crippen LogP contribution >= 0.6 is 0 Å². The summed E-state index contributed by atoms with van der Waals surface area (Å²) in [6.07, 6.45) is 3.76. The van der Waals surface area contributed by atoms with Gasteiger partial charge in [0.1, 0.15) is 0 Å².